The van der Waals surface area contributed by atoms with Gasteiger partial charge < -0.3 is 10.4 Å². The van der Waals surface area contributed by atoms with Crippen LogP contribution in [0.3, 0.4) is 0 Å². The fourth-order valence-corrected chi connectivity index (χ4v) is 3.66. The van der Waals surface area contributed by atoms with Gasteiger partial charge in [-0.15, -0.1) is 6.58 Å². The Morgan fingerprint density at radius 2 is 1.72 bits per heavy atom. The topological polar surface area (TPSA) is 32.3 Å². The largest absolute Gasteiger partial charge is 0.508 e. The summed E-state index contributed by atoms with van der Waals surface area (Å²) in [6, 6.07) is 22.5. The number of phenolic OH excluding ortho intramolecular Hbond substituents is 1. The van der Waals surface area contributed by atoms with Gasteiger partial charge in [0.15, 0.2) is 0 Å². The molecule has 0 saturated heterocycles. The molecule has 0 aromatic heterocycles. The van der Waals surface area contributed by atoms with E-state index in [1.165, 1.54) is 16.3 Å². The van der Waals surface area contributed by atoms with Gasteiger partial charge in [0.25, 0.3) is 0 Å². The average molecular weight is 331 g/mol. The Morgan fingerprint density at radius 3 is 2.48 bits per heavy atom. The van der Waals surface area contributed by atoms with Crippen LogP contribution in [0, 0.1) is 0 Å². The summed E-state index contributed by atoms with van der Waals surface area (Å²) in [6.45, 7) is 8.20. The lowest BCUT2D eigenvalue weighted by Crippen LogP contribution is -2.40. The lowest BCUT2D eigenvalue weighted by molar-refractivity contribution is 0.317. The Balaban J connectivity index is 2.00. The zero-order chi connectivity index (χ0) is 17.9. The van der Waals surface area contributed by atoms with Crippen molar-refractivity contribution in [3.8, 4) is 5.75 Å². The predicted octanol–water partition coefficient (Wildman–Crippen LogP) is 5.69. The fraction of sp³-hybridized carbons (Fsp3) is 0.217. The number of rotatable bonds is 6. The number of phenols is 1. The second-order valence-electron chi connectivity index (χ2n) is 6.78. The van der Waals surface area contributed by atoms with E-state index in [1.54, 1.807) is 6.07 Å². The van der Waals surface area contributed by atoms with Crippen LogP contribution in [0.15, 0.2) is 79.4 Å². The molecule has 2 atom stereocenters. The molecule has 0 radical (unpaired) electrons. The van der Waals surface area contributed by atoms with Crippen molar-refractivity contribution < 1.29 is 5.11 Å². The standard InChI is InChI=1S/C23H25NO/c1-4-16-23(3,21-14-7-8-15-22(21)25)24-17(2)19-13-9-11-18-10-5-6-12-20(18)19/h4-15,17,24-25H,1,16H2,2-3H3/t17-,23+/m1/s1. The van der Waals surface area contributed by atoms with Crippen molar-refractivity contribution >= 4 is 10.8 Å². The lowest BCUT2D eigenvalue weighted by Gasteiger charge is -2.35. The molecule has 0 aliphatic carbocycles. The summed E-state index contributed by atoms with van der Waals surface area (Å²) in [5, 5.41) is 16.6. The average Bonchev–Trinajstić information content (AvgIpc) is 2.61. The summed E-state index contributed by atoms with van der Waals surface area (Å²) >= 11 is 0. The van der Waals surface area contributed by atoms with E-state index in [4.69, 9.17) is 0 Å². The molecule has 3 rings (SSSR count). The Hall–Kier alpha value is -2.58. The van der Waals surface area contributed by atoms with E-state index in [-0.39, 0.29) is 6.04 Å². The van der Waals surface area contributed by atoms with E-state index in [1.807, 2.05) is 24.3 Å². The van der Waals surface area contributed by atoms with Gasteiger partial charge in [-0.1, -0.05) is 66.7 Å². The zero-order valence-electron chi connectivity index (χ0n) is 14.9. The summed E-state index contributed by atoms with van der Waals surface area (Å²) in [5.74, 6) is 0.310. The number of hydrogen-bond acceptors (Lipinski definition) is 2. The van der Waals surface area contributed by atoms with Crippen LogP contribution in [0.1, 0.15) is 37.4 Å². The highest BCUT2D eigenvalue weighted by molar-refractivity contribution is 5.86. The van der Waals surface area contributed by atoms with Crippen molar-refractivity contribution in [3.63, 3.8) is 0 Å². The molecular formula is C23H25NO. The number of hydrogen-bond donors (Lipinski definition) is 2. The molecule has 3 aromatic rings. The maximum absolute atomic E-state index is 10.4. The summed E-state index contributed by atoms with van der Waals surface area (Å²) < 4.78 is 0. The van der Waals surface area contributed by atoms with E-state index >= 15 is 0 Å². The van der Waals surface area contributed by atoms with Crippen molar-refractivity contribution in [1.82, 2.24) is 5.32 Å². The van der Waals surface area contributed by atoms with Gasteiger partial charge in [-0.3, -0.25) is 0 Å². The number of para-hydroxylation sites is 1. The third kappa shape index (κ3) is 3.45. The van der Waals surface area contributed by atoms with E-state index in [0.29, 0.717) is 5.75 Å². The lowest BCUT2D eigenvalue weighted by atomic mass is 9.86. The number of benzene rings is 3. The fourth-order valence-electron chi connectivity index (χ4n) is 3.66. The first-order chi connectivity index (χ1) is 12.0. The van der Waals surface area contributed by atoms with Gasteiger partial charge in [-0.25, -0.2) is 0 Å². The third-order valence-electron chi connectivity index (χ3n) is 4.88. The molecule has 3 aromatic carbocycles. The molecule has 0 fully saturated rings. The summed E-state index contributed by atoms with van der Waals surface area (Å²) in [5.41, 5.74) is 1.74. The second kappa shape index (κ2) is 7.12. The van der Waals surface area contributed by atoms with Gasteiger partial charge in [0, 0.05) is 17.1 Å². The first-order valence-corrected chi connectivity index (χ1v) is 8.70. The van der Waals surface area contributed by atoms with Crippen LogP contribution in [-0.4, -0.2) is 5.11 Å². The molecule has 0 aliphatic heterocycles. The molecule has 2 nitrogen and oxygen atoms in total. The highest BCUT2D eigenvalue weighted by atomic mass is 16.3. The molecular weight excluding hydrogens is 306 g/mol. The summed E-state index contributed by atoms with van der Waals surface area (Å²) in [4.78, 5) is 0. The monoisotopic (exact) mass is 331 g/mol. The molecule has 0 aliphatic rings. The molecule has 0 saturated carbocycles. The van der Waals surface area contributed by atoms with Gasteiger partial charge in [0.2, 0.25) is 0 Å². The molecule has 0 amide bonds. The van der Waals surface area contributed by atoms with Crippen LogP contribution in [0.5, 0.6) is 5.75 Å². The highest BCUT2D eigenvalue weighted by Gasteiger charge is 2.30. The minimum absolute atomic E-state index is 0.121. The van der Waals surface area contributed by atoms with E-state index in [0.717, 1.165) is 12.0 Å². The summed E-state index contributed by atoms with van der Waals surface area (Å²) in [6.07, 6.45) is 2.62. The number of aromatic hydroxyl groups is 1. The Kier molecular flexibility index (Phi) is 4.91. The third-order valence-corrected chi connectivity index (χ3v) is 4.88. The minimum atomic E-state index is -0.399. The van der Waals surface area contributed by atoms with Gasteiger partial charge in [0.1, 0.15) is 5.75 Å². The van der Waals surface area contributed by atoms with Gasteiger partial charge in [0.05, 0.1) is 0 Å². The Morgan fingerprint density at radius 1 is 1.04 bits per heavy atom. The van der Waals surface area contributed by atoms with Crippen LogP contribution in [0.25, 0.3) is 10.8 Å². The number of fused-ring (bicyclic) bond motifs is 1. The van der Waals surface area contributed by atoms with Crippen molar-refractivity contribution in [1.29, 1.82) is 0 Å². The van der Waals surface area contributed by atoms with Crippen molar-refractivity contribution in [2.75, 3.05) is 0 Å². The smallest absolute Gasteiger partial charge is 0.120 e. The van der Waals surface area contributed by atoms with Crippen LogP contribution in [0.2, 0.25) is 0 Å². The first-order valence-electron chi connectivity index (χ1n) is 8.70. The minimum Gasteiger partial charge on any atom is -0.508 e. The van der Waals surface area contributed by atoms with Crippen LogP contribution >= 0.6 is 0 Å². The molecule has 2 N–H and O–H groups in total. The van der Waals surface area contributed by atoms with Gasteiger partial charge in [-0.2, -0.15) is 0 Å². The Bertz CT molecular complexity index is 881. The van der Waals surface area contributed by atoms with Crippen molar-refractivity contribution in [3.05, 3.63) is 90.5 Å². The van der Waals surface area contributed by atoms with E-state index in [2.05, 4.69) is 68.2 Å². The maximum atomic E-state index is 10.4. The van der Waals surface area contributed by atoms with Gasteiger partial charge >= 0.3 is 0 Å². The zero-order valence-corrected chi connectivity index (χ0v) is 14.9. The molecule has 0 bridgehead atoms. The predicted molar refractivity (Wildman–Crippen MR) is 106 cm³/mol. The van der Waals surface area contributed by atoms with Crippen LogP contribution < -0.4 is 5.32 Å². The van der Waals surface area contributed by atoms with E-state index in [9.17, 15) is 5.11 Å². The van der Waals surface area contributed by atoms with Crippen molar-refractivity contribution in [2.24, 2.45) is 0 Å². The number of nitrogens with one attached hydrogen (secondary N) is 1. The molecule has 128 valence electrons. The Labute approximate surface area is 149 Å². The molecule has 2 heteroatoms. The maximum Gasteiger partial charge on any atom is 0.120 e. The quantitative estimate of drug-likeness (QED) is 0.569. The highest BCUT2D eigenvalue weighted by Crippen LogP contribution is 2.35. The first kappa shape index (κ1) is 17.2. The van der Waals surface area contributed by atoms with Gasteiger partial charge in [-0.05, 0) is 42.7 Å². The van der Waals surface area contributed by atoms with Crippen molar-refractivity contribution in [2.45, 2.75) is 31.8 Å². The molecule has 0 heterocycles. The summed E-state index contributed by atoms with van der Waals surface area (Å²) in [7, 11) is 0. The van der Waals surface area contributed by atoms with Crippen LogP contribution in [-0.2, 0) is 5.54 Å². The normalized spacial score (nSPS) is 14.8. The SMILES string of the molecule is C=CC[C@](C)(N[C@H](C)c1cccc2ccccc12)c1ccccc1O. The van der Waals surface area contributed by atoms with E-state index < -0.39 is 5.54 Å². The second-order valence-corrected chi connectivity index (χ2v) is 6.78. The molecule has 0 unspecified atom stereocenters. The molecule has 25 heavy (non-hydrogen) atoms. The molecule has 0 spiro atoms. The van der Waals surface area contributed by atoms with Crippen LogP contribution in [0.4, 0.5) is 0 Å².